The fourth-order valence-corrected chi connectivity index (χ4v) is 3.38. The number of nitrogens with zero attached hydrogens (tertiary/aromatic N) is 2. The van der Waals surface area contributed by atoms with Gasteiger partial charge in [-0.05, 0) is 50.3 Å². The summed E-state index contributed by atoms with van der Waals surface area (Å²) in [5, 5.41) is 0. The molecule has 1 aliphatic rings. The molecule has 0 spiro atoms. The quantitative estimate of drug-likeness (QED) is 0.865. The Balaban J connectivity index is 1.69. The molecule has 1 N–H and O–H groups in total. The zero-order chi connectivity index (χ0) is 17.6. The lowest BCUT2D eigenvalue weighted by molar-refractivity contribution is 0.185. The van der Waals surface area contributed by atoms with Crippen molar-refractivity contribution in [2.24, 2.45) is 5.92 Å². The summed E-state index contributed by atoms with van der Waals surface area (Å²) in [4.78, 5) is 21.9. The molecule has 0 radical (unpaired) electrons. The first-order valence-corrected chi connectivity index (χ1v) is 9.56. The van der Waals surface area contributed by atoms with E-state index in [2.05, 4.69) is 53.0 Å². The maximum absolute atomic E-state index is 11.9. The van der Waals surface area contributed by atoms with E-state index in [1.54, 1.807) is 6.07 Å². The van der Waals surface area contributed by atoms with E-state index >= 15 is 0 Å². The number of unbranched alkanes of at least 4 members (excludes halogenated alkanes) is 1. The molecule has 2 heterocycles. The zero-order valence-corrected chi connectivity index (χ0v) is 15.4. The Morgan fingerprint density at radius 1 is 1.20 bits per heavy atom. The van der Waals surface area contributed by atoms with Crippen molar-refractivity contribution in [1.82, 2.24) is 14.9 Å². The molecule has 4 heteroatoms. The van der Waals surface area contributed by atoms with Crippen LogP contribution in [0.15, 0.2) is 35.1 Å². The van der Waals surface area contributed by atoms with Crippen LogP contribution < -0.4 is 5.56 Å². The van der Waals surface area contributed by atoms with Crippen LogP contribution in [0.1, 0.15) is 50.8 Å². The summed E-state index contributed by atoms with van der Waals surface area (Å²) in [5.41, 5.74) is 3.11. The molecule has 0 saturated carbocycles. The number of rotatable bonds is 6. The maximum Gasteiger partial charge on any atom is 0.251 e. The monoisotopic (exact) mass is 339 g/mol. The van der Waals surface area contributed by atoms with Crippen molar-refractivity contribution in [3.63, 3.8) is 0 Å². The van der Waals surface area contributed by atoms with Gasteiger partial charge in [0.25, 0.3) is 5.56 Å². The van der Waals surface area contributed by atoms with Crippen LogP contribution in [0.25, 0.3) is 11.4 Å². The van der Waals surface area contributed by atoms with E-state index < -0.39 is 0 Å². The predicted molar refractivity (Wildman–Crippen MR) is 103 cm³/mol. The molecule has 134 valence electrons. The molecule has 4 nitrogen and oxygen atoms in total. The largest absolute Gasteiger partial charge is 0.307 e. The van der Waals surface area contributed by atoms with Crippen molar-refractivity contribution in [3.8, 4) is 11.4 Å². The number of H-pyrrole nitrogens is 1. The lowest BCUT2D eigenvalue weighted by Gasteiger charge is -2.30. The van der Waals surface area contributed by atoms with Crippen LogP contribution in [0.5, 0.6) is 0 Å². The van der Waals surface area contributed by atoms with Crippen molar-refractivity contribution < 1.29 is 0 Å². The normalized spacial score (nSPS) is 16.2. The highest BCUT2D eigenvalue weighted by Gasteiger charge is 2.15. The van der Waals surface area contributed by atoms with Gasteiger partial charge < -0.3 is 4.98 Å². The third-order valence-corrected chi connectivity index (χ3v) is 5.09. The number of aryl methyl sites for hydroxylation is 1. The average molecular weight is 339 g/mol. The molecule has 0 bridgehead atoms. The van der Waals surface area contributed by atoms with Gasteiger partial charge in [-0.25, -0.2) is 4.98 Å². The smallest absolute Gasteiger partial charge is 0.251 e. The lowest BCUT2D eigenvalue weighted by atomic mass is 9.99. The Hall–Kier alpha value is -1.94. The third kappa shape index (κ3) is 5.02. The van der Waals surface area contributed by atoms with Gasteiger partial charge in [0, 0.05) is 23.9 Å². The number of hydrogen-bond donors (Lipinski definition) is 1. The molecule has 2 aromatic rings. The van der Waals surface area contributed by atoms with E-state index in [0.29, 0.717) is 5.82 Å². The molecule has 1 aromatic heterocycles. The first-order chi connectivity index (χ1) is 12.1. The Bertz CT molecular complexity index is 728. The molecule has 1 aromatic carbocycles. The predicted octanol–water partition coefficient (Wildman–Crippen LogP) is 4.01. The molecule has 0 amide bonds. The Kier molecular flexibility index (Phi) is 6.03. The fourth-order valence-electron chi connectivity index (χ4n) is 3.38. The van der Waals surface area contributed by atoms with E-state index in [1.807, 2.05) is 0 Å². The second-order valence-electron chi connectivity index (χ2n) is 7.34. The standard InChI is InChI=1S/C21H29N3O/c1-3-4-5-19-14-20(25)23-21(22-19)18-8-6-17(7-9-18)15-24-12-10-16(2)11-13-24/h6-9,14,16H,3-5,10-13,15H2,1-2H3,(H,22,23,25). The van der Waals surface area contributed by atoms with Crippen LogP contribution in [-0.2, 0) is 13.0 Å². The SMILES string of the molecule is CCCCc1cc(=O)[nH]c(-c2ccc(CN3CCC(C)CC3)cc2)n1. The van der Waals surface area contributed by atoms with Crippen LogP contribution in [0.4, 0.5) is 0 Å². The first-order valence-electron chi connectivity index (χ1n) is 9.56. The fraction of sp³-hybridized carbons (Fsp3) is 0.524. The van der Waals surface area contributed by atoms with Crippen LogP contribution >= 0.6 is 0 Å². The highest BCUT2D eigenvalue weighted by Crippen LogP contribution is 2.20. The van der Waals surface area contributed by atoms with Crippen LogP contribution in [-0.4, -0.2) is 28.0 Å². The Labute approximate surface area is 150 Å². The molecule has 3 rings (SSSR count). The summed E-state index contributed by atoms with van der Waals surface area (Å²) in [6.07, 6.45) is 5.62. The van der Waals surface area contributed by atoms with Crippen molar-refractivity contribution in [3.05, 3.63) is 51.9 Å². The molecule has 0 atom stereocenters. The minimum absolute atomic E-state index is 0.0670. The zero-order valence-electron chi connectivity index (χ0n) is 15.4. The third-order valence-electron chi connectivity index (χ3n) is 5.09. The van der Waals surface area contributed by atoms with Crippen molar-refractivity contribution in [1.29, 1.82) is 0 Å². The van der Waals surface area contributed by atoms with E-state index in [-0.39, 0.29) is 5.56 Å². The van der Waals surface area contributed by atoms with Gasteiger partial charge in [0.05, 0.1) is 0 Å². The van der Waals surface area contributed by atoms with Gasteiger partial charge in [0.15, 0.2) is 0 Å². The summed E-state index contributed by atoms with van der Waals surface area (Å²) >= 11 is 0. The van der Waals surface area contributed by atoms with Gasteiger partial charge in [0.2, 0.25) is 0 Å². The number of benzene rings is 1. The van der Waals surface area contributed by atoms with Gasteiger partial charge in [-0.3, -0.25) is 9.69 Å². The molecule has 1 saturated heterocycles. The second-order valence-corrected chi connectivity index (χ2v) is 7.34. The molecular formula is C21H29N3O. The van der Waals surface area contributed by atoms with E-state index in [0.717, 1.165) is 43.0 Å². The maximum atomic E-state index is 11.9. The minimum atomic E-state index is -0.0670. The highest BCUT2D eigenvalue weighted by atomic mass is 16.1. The Morgan fingerprint density at radius 3 is 2.60 bits per heavy atom. The van der Waals surface area contributed by atoms with E-state index in [9.17, 15) is 4.79 Å². The van der Waals surface area contributed by atoms with E-state index in [1.165, 1.54) is 31.5 Å². The van der Waals surface area contributed by atoms with Gasteiger partial charge in [-0.2, -0.15) is 0 Å². The van der Waals surface area contributed by atoms with Gasteiger partial charge in [-0.15, -0.1) is 0 Å². The number of nitrogens with one attached hydrogen (secondary N) is 1. The van der Waals surface area contributed by atoms with Gasteiger partial charge in [-0.1, -0.05) is 44.5 Å². The summed E-state index contributed by atoms with van der Waals surface area (Å²) in [7, 11) is 0. The molecular weight excluding hydrogens is 310 g/mol. The van der Waals surface area contributed by atoms with Crippen LogP contribution in [0.3, 0.4) is 0 Å². The molecule has 1 aliphatic heterocycles. The topological polar surface area (TPSA) is 49.0 Å². The van der Waals surface area contributed by atoms with Crippen LogP contribution in [0, 0.1) is 5.92 Å². The van der Waals surface area contributed by atoms with Gasteiger partial charge >= 0.3 is 0 Å². The lowest BCUT2D eigenvalue weighted by Crippen LogP contribution is -2.32. The molecule has 1 fully saturated rings. The number of piperidine rings is 1. The van der Waals surface area contributed by atoms with Crippen molar-refractivity contribution in [2.75, 3.05) is 13.1 Å². The summed E-state index contributed by atoms with van der Waals surface area (Å²) in [6.45, 7) is 7.88. The summed E-state index contributed by atoms with van der Waals surface area (Å²) < 4.78 is 0. The van der Waals surface area contributed by atoms with Crippen molar-refractivity contribution >= 4 is 0 Å². The number of aromatic nitrogens is 2. The number of hydrogen-bond acceptors (Lipinski definition) is 3. The summed E-state index contributed by atoms with van der Waals surface area (Å²) in [6, 6.07) is 10.1. The Morgan fingerprint density at radius 2 is 1.92 bits per heavy atom. The van der Waals surface area contributed by atoms with Gasteiger partial charge in [0.1, 0.15) is 5.82 Å². The first kappa shape index (κ1) is 17.9. The molecule has 0 aliphatic carbocycles. The highest BCUT2D eigenvalue weighted by molar-refractivity contribution is 5.55. The molecule has 25 heavy (non-hydrogen) atoms. The van der Waals surface area contributed by atoms with Crippen LogP contribution in [0.2, 0.25) is 0 Å². The minimum Gasteiger partial charge on any atom is -0.307 e. The number of aromatic amines is 1. The number of likely N-dealkylation sites (tertiary alicyclic amines) is 1. The van der Waals surface area contributed by atoms with Crippen molar-refractivity contribution in [2.45, 2.75) is 52.5 Å². The molecule has 0 unspecified atom stereocenters. The van der Waals surface area contributed by atoms with E-state index in [4.69, 9.17) is 0 Å². The average Bonchev–Trinajstić information content (AvgIpc) is 2.62. The second kappa shape index (κ2) is 8.43. The summed E-state index contributed by atoms with van der Waals surface area (Å²) in [5.74, 6) is 1.54.